The van der Waals surface area contributed by atoms with Gasteiger partial charge in [-0.2, -0.15) is 0 Å². The first-order valence-corrected chi connectivity index (χ1v) is 7.37. The van der Waals surface area contributed by atoms with Crippen molar-refractivity contribution in [3.05, 3.63) is 0 Å². The largest absolute Gasteiger partial charge is 0.382 e. The Morgan fingerprint density at radius 1 is 1.14 bits per heavy atom. The van der Waals surface area contributed by atoms with E-state index >= 15 is 0 Å². The first-order valence-electron chi connectivity index (χ1n) is 7.37. The molecule has 0 saturated carbocycles. The van der Waals surface area contributed by atoms with Gasteiger partial charge < -0.3 is 19.3 Å². The van der Waals surface area contributed by atoms with Gasteiger partial charge in [0.15, 0.2) is 0 Å². The molecular formula is C17H28O4. The van der Waals surface area contributed by atoms with E-state index in [2.05, 4.69) is 23.7 Å². The maximum Gasteiger partial charge on any atom is 0.147 e. The van der Waals surface area contributed by atoms with Crippen molar-refractivity contribution in [3.63, 3.8) is 0 Å². The molecule has 0 fully saturated rings. The Morgan fingerprint density at radius 3 is 2.43 bits per heavy atom. The predicted molar refractivity (Wildman–Crippen MR) is 83.5 cm³/mol. The fraction of sp³-hybridized carbons (Fsp3) is 0.765. The highest BCUT2D eigenvalue weighted by Crippen LogP contribution is 2.19. The second-order valence-corrected chi connectivity index (χ2v) is 5.18. The van der Waals surface area contributed by atoms with Gasteiger partial charge in [-0.3, -0.25) is 0 Å². The quantitative estimate of drug-likeness (QED) is 0.402. The van der Waals surface area contributed by atoms with E-state index in [1.807, 2.05) is 27.7 Å². The van der Waals surface area contributed by atoms with Gasteiger partial charge in [0.2, 0.25) is 0 Å². The van der Waals surface area contributed by atoms with Crippen LogP contribution in [0.1, 0.15) is 40.5 Å². The minimum absolute atomic E-state index is 0.0167. The van der Waals surface area contributed by atoms with Crippen molar-refractivity contribution in [3.8, 4) is 23.7 Å². The Hall–Kier alpha value is -1.04. The van der Waals surface area contributed by atoms with Crippen LogP contribution in [0.15, 0.2) is 0 Å². The summed E-state index contributed by atoms with van der Waals surface area (Å²) in [4.78, 5) is 0. The molecular weight excluding hydrogens is 268 g/mol. The highest BCUT2D eigenvalue weighted by atomic mass is 16.7. The highest BCUT2D eigenvalue weighted by molar-refractivity contribution is 5.30. The summed E-state index contributed by atoms with van der Waals surface area (Å²) in [5.74, 6) is 11.4. The van der Waals surface area contributed by atoms with Gasteiger partial charge in [-0.1, -0.05) is 32.6 Å². The molecule has 0 aliphatic rings. The number of aliphatic hydroxyl groups is 1. The molecule has 0 heterocycles. The van der Waals surface area contributed by atoms with E-state index < -0.39 is 5.60 Å². The number of hydrogen-bond acceptors (Lipinski definition) is 4. The lowest BCUT2D eigenvalue weighted by molar-refractivity contribution is -0.0908. The lowest BCUT2D eigenvalue weighted by Gasteiger charge is -2.24. The van der Waals surface area contributed by atoms with E-state index in [9.17, 15) is 5.11 Å². The van der Waals surface area contributed by atoms with Crippen molar-refractivity contribution in [1.29, 1.82) is 0 Å². The maximum absolute atomic E-state index is 10.2. The molecule has 0 spiro atoms. The fourth-order valence-corrected chi connectivity index (χ4v) is 1.44. The Kier molecular flexibility index (Phi) is 11.0. The standard InChI is InChI=1S/C17H28O4/c1-6-17(18,15(2)3)11-9-7-8-10-16(4)21-14-20-13-12-19-5/h15-16,18H,6,10,12-14H2,1-5H3. The summed E-state index contributed by atoms with van der Waals surface area (Å²) in [5.41, 5.74) is -0.952. The van der Waals surface area contributed by atoms with E-state index in [-0.39, 0.29) is 18.8 Å². The summed E-state index contributed by atoms with van der Waals surface area (Å²) < 4.78 is 15.5. The molecule has 4 nitrogen and oxygen atoms in total. The Balaban J connectivity index is 4.03. The summed E-state index contributed by atoms with van der Waals surface area (Å²) >= 11 is 0. The SMILES string of the molecule is CCC(O)(C#CC#CCC(C)OCOCCOC)C(C)C. The van der Waals surface area contributed by atoms with Gasteiger partial charge in [-0.05, 0) is 31.1 Å². The molecule has 0 aromatic carbocycles. The van der Waals surface area contributed by atoms with Crippen molar-refractivity contribution in [2.24, 2.45) is 5.92 Å². The summed E-state index contributed by atoms with van der Waals surface area (Å²) in [6, 6.07) is 0. The molecule has 0 saturated heterocycles. The van der Waals surface area contributed by atoms with Crippen molar-refractivity contribution in [2.75, 3.05) is 27.1 Å². The second kappa shape index (κ2) is 11.6. The molecule has 21 heavy (non-hydrogen) atoms. The summed E-state index contributed by atoms with van der Waals surface area (Å²) in [6.45, 7) is 9.06. The lowest BCUT2D eigenvalue weighted by atomic mass is 9.88. The monoisotopic (exact) mass is 296 g/mol. The van der Waals surface area contributed by atoms with Gasteiger partial charge >= 0.3 is 0 Å². The molecule has 2 atom stereocenters. The third kappa shape index (κ3) is 9.50. The Morgan fingerprint density at radius 2 is 1.86 bits per heavy atom. The molecule has 4 heteroatoms. The Labute approximate surface area is 129 Å². The highest BCUT2D eigenvalue weighted by Gasteiger charge is 2.25. The van der Waals surface area contributed by atoms with Crippen LogP contribution in [0, 0.1) is 29.6 Å². The normalized spacial score (nSPS) is 14.6. The van der Waals surface area contributed by atoms with Gasteiger partial charge in [0.25, 0.3) is 0 Å². The van der Waals surface area contributed by atoms with Crippen molar-refractivity contribution in [2.45, 2.75) is 52.2 Å². The van der Waals surface area contributed by atoms with Gasteiger partial charge in [0.1, 0.15) is 12.4 Å². The van der Waals surface area contributed by atoms with E-state index in [4.69, 9.17) is 14.2 Å². The third-order valence-electron chi connectivity index (χ3n) is 3.18. The van der Waals surface area contributed by atoms with E-state index in [0.29, 0.717) is 26.1 Å². The fourth-order valence-electron chi connectivity index (χ4n) is 1.44. The molecule has 0 aliphatic heterocycles. The second-order valence-electron chi connectivity index (χ2n) is 5.18. The van der Waals surface area contributed by atoms with Gasteiger partial charge in [-0.25, -0.2) is 0 Å². The smallest absolute Gasteiger partial charge is 0.147 e. The molecule has 2 unspecified atom stereocenters. The van der Waals surface area contributed by atoms with E-state index in [1.54, 1.807) is 7.11 Å². The van der Waals surface area contributed by atoms with E-state index in [1.165, 1.54) is 0 Å². The van der Waals surface area contributed by atoms with Crippen LogP contribution in [0.3, 0.4) is 0 Å². The summed E-state index contributed by atoms with van der Waals surface area (Å²) in [6.07, 6.45) is 1.16. The number of rotatable bonds is 9. The van der Waals surface area contributed by atoms with E-state index in [0.717, 1.165) is 0 Å². The van der Waals surface area contributed by atoms with Crippen molar-refractivity contribution >= 4 is 0 Å². The van der Waals surface area contributed by atoms with Crippen molar-refractivity contribution in [1.82, 2.24) is 0 Å². The maximum atomic E-state index is 10.2. The number of methoxy groups -OCH3 is 1. The molecule has 0 amide bonds. The number of hydrogen-bond donors (Lipinski definition) is 1. The third-order valence-corrected chi connectivity index (χ3v) is 3.18. The van der Waals surface area contributed by atoms with Crippen LogP contribution in [0.25, 0.3) is 0 Å². The molecule has 120 valence electrons. The molecule has 1 N–H and O–H groups in total. The topological polar surface area (TPSA) is 47.9 Å². The van der Waals surface area contributed by atoms with Crippen LogP contribution < -0.4 is 0 Å². The minimum atomic E-state index is -0.952. The van der Waals surface area contributed by atoms with Crippen LogP contribution >= 0.6 is 0 Å². The molecule has 0 aromatic heterocycles. The molecule has 0 rings (SSSR count). The zero-order valence-electron chi connectivity index (χ0n) is 13.9. The van der Waals surface area contributed by atoms with Gasteiger partial charge in [0, 0.05) is 13.5 Å². The molecule has 0 aromatic rings. The average molecular weight is 296 g/mol. The predicted octanol–water partition coefficient (Wildman–Crippen LogP) is 2.21. The van der Waals surface area contributed by atoms with Gasteiger partial charge in [0.05, 0.1) is 19.3 Å². The van der Waals surface area contributed by atoms with Crippen LogP contribution in [0.4, 0.5) is 0 Å². The summed E-state index contributed by atoms with van der Waals surface area (Å²) in [5, 5.41) is 10.2. The first kappa shape index (κ1) is 20.0. The van der Waals surface area contributed by atoms with Gasteiger partial charge in [-0.15, -0.1) is 0 Å². The molecule has 0 aliphatic carbocycles. The molecule has 0 radical (unpaired) electrons. The van der Waals surface area contributed by atoms with Crippen LogP contribution in [0.2, 0.25) is 0 Å². The van der Waals surface area contributed by atoms with Crippen LogP contribution in [0.5, 0.6) is 0 Å². The average Bonchev–Trinajstić information content (AvgIpc) is 2.46. The van der Waals surface area contributed by atoms with Crippen molar-refractivity contribution < 1.29 is 19.3 Å². The first-order chi connectivity index (χ1) is 9.96. The molecule has 0 bridgehead atoms. The van der Waals surface area contributed by atoms with Crippen LogP contribution in [-0.4, -0.2) is 43.9 Å². The Bertz CT molecular complexity index is 383. The summed E-state index contributed by atoms with van der Waals surface area (Å²) in [7, 11) is 1.63. The zero-order chi connectivity index (χ0) is 16.1. The zero-order valence-corrected chi connectivity index (χ0v) is 13.9. The number of ether oxygens (including phenoxy) is 3. The minimum Gasteiger partial charge on any atom is -0.382 e. The van der Waals surface area contributed by atoms with Crippen LogP contribution in [-0.2, 0) is 14.2 Å². The lowest BCUT2D eigenvalue weighted by Crippen LogP contribution is -2.32.